The standard InChI is InChI=1S/C24H18O3/c1-15-2-4-16(5-3-15)23-21-13-11-20(26)14-18(21)8-12-22(23)24(27)17-6-9-19(25)10-7-17/h2-14,25-26H,1H3. The summed E-state index contributed by atoms with van der Waals surface area (Å²) in [5.41, 5.74) is 4.02. The fraction of sp³-hybridized carbons (Fsp3) is 0.0417. The first-order valence-corrected chi connectivity index (χ1v) is 8.69. The average molecular weight is 354 g/mol. The number of ketones is 1. The van der Waals surface area contributed by atoms with Gasteiger partial charge < -0.3 is 10.2 Å². The molecule has 0 bridgehead atoms. The van der Waals surface area contributed by atoms with E-state index >= 15 is 0 Å². The third kappa shape index (κ3) is 3.15. The van der Waals surface area contributed by atoms with E-state index in [1.807, 2.05) is 43.3 Å². The third-order valence-corrected chi connectivity index (χ3v) is 4.72. The Labute approximate surface area is 157 Å². The van der Waals surface area contributed by atoms with Crippen molar-refractivity contribution in [2.75, 3.05) is 0 Å². The van der Waals surface area contributed by atoms with Gasteiger partial charge in [0.05, 0.1) is 0 Å². The van der Waals surface area contributed by atoms with E-state index in [9.17, 15) is 15.0 Å². The van der Waals surface area contributed by atoms with E-state index in [0.717, 1.165) is 27.5 Å². The number of carbonyl (C=O) groups is 1. The summed E-state index contributed by atoms with van der Waals surface area (Å²) in [6.45, 7) is 2.02. The van der Waals surface area contributed by atoms with Crippen molar-refractivity contribution < 1.29 is 15.0 Å². The van der Waals surface area contributed by atoms with E-state index < -0.39 is 0 Å². The quantitative estimate of drug-likeness (QED) is 0.481. The van der Waals surface area contributed by atoms with Gasteiger partial charge >= 0.3 is 0 Å². The highest BCUT2D eigenvalue weighted by Gasteiger charge is 2.18. The second kappa shape index (κ2) is 6.61. The second-order valence-electron chi connectivity index (χ2n) is 6.64. The number of aryl methyl sites for hydroxylation is 1. The molecule has 0 unspecified atom stereocenters. The zero-order valence-electron chi connectivity index (χ0n) is 14.8. The van der Waals surface area contributed by atoms with Crippen molar-refractivity contribution in [2.45, 2.75) is 6.92 Å². The van der Waals surface area contributed by atoms with Crippen molar-refractivity contribution in [1.82, 2.24) is 0 Å². The van der Waals surface area contributed by atoms with E-state index in [1.165, 1.54) is 12.1 Å². The minimum Gasteiger partial charge on any atom is -0.508 e. The monoisotopic (exact) mass is 354 g/mol. The highest BCUT2D eigenvalue weighted by molar-refractivity contribution is 6.17. The first kappa shape index (κ1) is 16.9. The minimum absolute atomic E-state index is 0.111. The van der Waals surface area contributed by atoms with Crippen LogP contribution in [0.2, 0.25) is 0 Å². The summed E-state index contributed by atoms with van der Waals surface area (Å²) in [6.07, 6.45) is 0. The van der Waals surface area contributed by atoms with Crippen molar-refractivity contribution in [3.8, 4) is 22.6 Å². The van der Waals surface area contributed by atoms with Gasteiger partial charge in [0.15, 0.2) is 5.78 Å². The molecule has 0 spiro atoms. The maximum atomic E-state index is 13.2. The van der Waals surface area contributed by atoms with Crippen molar-refractivity contribution >= 4 is 16.6 Å². The number of fused-ring (bicyclic) bond motifs is 1. The van der Waals surface area contributed by atoms with Crippen LogP contribution in [0.3, 0.4) is 0 Å². The van der Waals surface area contributed by atoms with Gasteiger partial charge in [0.1, 0.15) is 11.5 Å². The Morgan fingerprint density at radius 1 is 0.741 bits per heavy atom. The summed E-state index contributed by atoms with van der Waals surface area (Å²) in [5.74, 6) is 0.204. The maximum Gasteiger partial charge on any atom is 0.193 e. The molecule has 0 aliphatic carbocycles. The highest BCUT2D eigenvalue weighted by atomic mass is 16.3. The predicted molar refractivity (Wildman–Crippen MR) is 107 cm³/mol. The normalized spacial score (nSPS) is 10.9. The number of phenolic OH excluding ortho intramolecular Hbond substituents is 2. The Bertz CT molecular complexity index is 1140. The van der Waals surface area contributed by atoms with Gasteiger partial charge in [-0.25, -0.2) is 0 Å². The molecule has 4 aromatic rings. The molecule has 0 saturated carbocycles. The number of hydrogen-bond acceptors (Lipinski definition) is 3. The number of rotatable bonds is 3. The first-order chi connectivity index (χ1) is 13.0. The topological polar surface area (TPSA) is 57.5 Å². The lowest BCUT2D eigenvalue weighted by Gasteiger charge is -2.14. The van der Waals surface area contributed by atoms with Crippen molar-refractivity contribution in [3.05, 3.63) is 95.6 Å². The van der Waals surface area contributed by atoms with Crippen molar-refractivity contribution in [1.29, 1.82) is 0 Å². The summed E-state index contributed by atoms with van der Waals surface area (Å²) in [5, 5.41) is 21.1. The molecule has 0 aromatic heterocycles. The zero-order chi connectivity index (χ0) is 19.0. The number of hydrogen-bond donors (Lipinski definition) is 2. The van der Waals surface area contributed by atoms with E-state index in [2.05, 4.69) is 0 Å². The van der Waals surface area contributed by atoms with Gasteiger partial charge in [-0.2, -0.15) is 0 Å². The summed E-state index contributed by atoms with van der Waals surface area (Å²) in [7, 11) is 0. The van der Waals surface area contributed by atoms with E-state index in [4.69, 9.17) is 0 Å². The number of phenols is 2. The molecule has 0 aliphatic rings. The van der Waals surface area contributed by atoms with Crippen molar-refractivity contribution in [3.63, 3.8) is 0 Å². The van der Waals surface area contributed by atoms with Gasteiger partial charge in [-0.15, -0.1) is 0 Å². The molecule has 27 heavy (non-hydrogen) atoms. The van der Waals surface area contributed by atoms with Crippen LogP contribution in [-0.2, 0) is 0 Å². The fourth-order valence-corrected chi connectivity index (χ4v) is 3.31. The molecular weight excluding hydrogens is 336 g/mol. The largest absolute Gasteiger partial charge is 0.508 e. The Kier molecular flexibility index (Phi) is 4.13. The van der Waals surface area contributed by atoms with Crippen LogP contribution in [0.15, 0.2) is 78.9 Å². The molecule has 4 rings (SSSR count). The minimum atomic E-state index is -0.111. The average Bonchev–Trinajstić information content (AvgIpc) is 2.68. The molecule has 3 heteroatoms. The van der Waals surface area contributed by atoms with Crippen molar-refractivity contribution in [2.24, 2.45) is 0 Å². The molecule has 0 radical (unpaired) electrons. The van der Waals surface area contributed by atoms with E-state index in [0.29, 0.717) is 11.1 Å². The van der Waals surface area contributed by atoms with Gasteiger partial charge in [0.25, 0.3) is 0 Å². The Hall–Kier alpha value is -3.59. The predicted octanol–water partition coefficient (Wildman–Crippen LogP) is 5.46. The van der Waals surface area contributed by atoms with Gasteiger partial charge in [-0.3, -0.25) is 4.79 Å². The molecule has 4 aromatic carbocycles. The van der Waals surface area contributed by atoms with E-state index in [-0.39, 0.29) is 17.3 Å². The fourth-order valence-electron chi connectivity index (χ4n) is 3.31. The van der Waals surface area contributed by atoms with Crippen LogP contribution in [0.5, 0.6) is 11.5 Å². The smallest absolute Gasteiger partial charge is 0.193 e. The molecule has 3 nitrogen and oxygen atoms in total. The second-order valence-corrected chi connectivity index (χ2v) is 6.64. The Balaban J connectivity index is 1.98. The maximum absolute atomic E-state index is 13.2. The molecule has 0 aliphatic heterocycles. The SMILES string of the molecule is Cc1ccc(-c2c(C(=O)c3ccc(O)cc3)ccc3cc(O)ccc23)cc1. The van der Waals surface area contributed by atoms with Gasteiger partial charge in [-0.1, -0.05) is 42.0 Å². The van der Waals surface area contributed by atoms with Crippen LogP contribution >= 0.6 is 0 Å². The molecule has 132 valence electrons. The molecule has 0 atom stereocenters. The lowest BCUT2D eigenvalue weighted by atomic mass is 9.89. The molecule has 0 fully saturated rings. The number of carbonyl (C=O) groups excluding carboxylic acids is 1. The summed E-state index contributed by atoms with van der Waals surface area (Å²) < 4.78 is 0. The van der Waals surface area contributed by atoms with Gasteiger partial charge in [-0.05, 0) is 65.7 Å². The van der Waals surface area contributed by atoms with Crippen LogP contribution < -0.4 is 0 Å². The zero-order valence-corrected chi connectivity index (χ0v) is 14.8. The first-order valence-electron chi connectivity index (χ1n) is 8.69. The molecule has 0 saturated heterocycles. The summed E-state index contributed by atoms with van der Waals surface area (Å²) >= 11 is 0. The number of benzene rings is 4. The molecule has 0 heterocycles. The number of aromatic hydroxyl groups is 2. The summed E-state index contributed by atoms with van der Waals surface area (Å²) in [4.78, 5) is 13.2. The van der Waals surface area contributed by atoms with Crippen LogP contribution in [0.4, 0.5) is 0 Å². The molecule has 2 N–H and O–H groups in total. The van der Waals surface area contributed by atoms with Gasteiger partial charge in [0, 0.05) is 16.7 Å². The van der Waals surface area contributed by atoms with E-state index in [1.54, 1.807) is 30.3 Å². The molecular formula is C24H18O3. The van der Waals surface area contributed by atoms with Crippen LogP contribution in [0.1, 0.15) is 21.5 Å². The summed E-state index contributed by atoms with van der Waals surface area (Å²) in [6, 6.07) is 23.1. The van der Waals surface area contributed by atoms with Crippen LogP contribution in [-0.4, -0.2) is 16.0 Å². The Morgan fingerprint density at radius 2 is 1.41 bits per heavy atom. The lowest BCUT2D eigenvalue weighted by Crippen LogP contribution is -2.04. The van der Waals surface area contributed by atoms with Crippen LogP contribution in [0, 0.1) is 6.92 Å². The Morgan fingerprint density at radius 3 is 2.11 bits per heavy atom. The highest BCUT2D eigenvalue weighted by Crippen LogP contribution is 2.35. The molecule has 0 amide bonds. The van der Waals surface area contributed by atoms with Gasteiger partial charge in [0.2, 0.25) is 0 Å². The lowest BCUT2D eigenvalue weighted by molar-refractivity contribution is 0.103. The third-order valence-electron chi connectivity index (χ3n) is 4.72. The van der Waals surface area contributed by atoms with Crippen LogP contribution in [0.25, 0.3) is 21.9 Å².